The van der Waals surface area contributed by atoms with Crippen molar-refractivity contribution < 1.29 is 18.3 Å². The Balaban J connectivity index is 0.00000529. The van der Waals surface area contributed by atoms with Gasteiger partial charge >= 0.3 is 6.61 Å². The molecule has 2 N–H and O–H groups in total. The van der Waals surface area contributed by atoms with Crippen LogP contribution in [0.15, 0.2) is 23.2 Å². The van der Waals surface area contributed by atoms with Crippen LogP contribution in [0.3, 0.4) is 0 Å². The first kappa shape index (κ1) is 22.7. The number of nitrogens with zero attached hydrogens (tertiary/aromatic N) is 1. The average Bonchev–Trinajstić information content (AvgIpc) is 2.50. The van der Waals surface area contributed by atoms with Gasteiger partial charge < -0.3 is 20.1 Å². The molecule has 0 amide bonds. The molecule has 0 saturated heterocycles. The van der Waals surface area contributed by atoms with Gasteiger partial charge in [-0.15, -0.1) is 24.0 Å². The molecule has 24 heavy (non-hydrogen) atoms. The molecule has 0 saturated carbocycles. The molecule has 0 atom stereocenters. The predicted octanol–water partition coefficient (Wildman–Crippen LogP) is 3.28. The number of hydrogen-bond donors (Lipinski definition) is 2. The largest absolute Gasteiger partial charge is 0.493 e. The highest BCUT2D eigenvalue weighted by Crippen LogP contribution is 2.29. The molecule has 0 heterocycles. The van der Waals surface area contributed by atoms with Crippen LogP contribution in [-0.2, 0) is 6.42 Å². The first-order valence-corrected chi connectivity index (χ1v) is 7.52. The van der Waals surface area contributed by atoms with Crippen molar-refractivity contribution in [3.05, 3.63) is 23.8 Å². The second-order valence-electron chi connectivity index (χ2n) is 5.39. The molecule has 1 aromatic rings. The van der Waals surface area contributed by atoms with E-state index in [2.05, 4.69) is 34.2 Å². The topological polar surface area (TPSA) is 54.9 Å². The van der Waals surface area contributed by atoms with Crippen LogP contribution in [0.2, 0.25) is 0 Å². The molecule has 0 fully saturated rings. The van der Waals surface area contributed by atoms with Crippen LogP contribution in [0.1, 0.15) is 19.4 Å². The van der Waals surface area contributed by atoms with Crippen molar-refractivity contribution in [2.24, 2.45) is 10.9 Å². The van der Waals surface area contributed by atoms with Crippen LogP contribution >= 0.6 is 24.0 Å². The summed E-state index contributed by atoms with van der Waals surface area (Å²) in [5, 5.41) is 6.39. The molecule has 0 aromatic heterocycles. The lowest BCUT2D eigenvalue weighted by Gasteiger charge is -2.14. The summed E-state index contributed by atoms with van der Waals surface area (Å²) in [6, 6.07) is 5.01. The maximum Gasteiger partial charge on any atom is 0.387 e. The van der Waals surface area contributed by atoms with E-state index in [4.69, 9.17) is 4.74 Å². The number of guanidine groups is 1. The summed E-state index contributed by atoms with van der Waals surface area (Å²) >= 11 is 0. The smallest absolute Gasteiger partial charge is 0.387 e. The Labute approximate surface area is 159 Å². The summed E-state index contributed by atoms with van der Waals surface area (Å²) in [5.74, 6) is 1.57. The Morgan fingerprint density at radius 3 is 2.46 bits per heavy atom. The fraction of sp³-hybridized carbons (Fsp3) is 0.562. The Morgan fingerprint density at radius 2 is 1.92 bits per heavy atom. The van der Waals surface area contributed by atoms with E-state index in [-0.39, 0.29) is 35.5 Å². The van der Waals surface area contributed by atoms with Crippen molar-refractivity contribution in [3.63, 3.8) is 0 Å². The molecule has 0 radical (unpaired) electrons. The van der Waals surface area contributed by atoms with Gasteiger partial charge in [-0.25, -0.2) is 0 Å². The third kappa shape index (κ3) is 8.51. The van der Waals surface area contributed by atoms with Crippen molar-refractivity contribution >= 4 is 29.9 Å². The number of alkyl halides is 2. The minimum atomic E-state index is -2.88. The Bertz CT molecular complexity index is 514. The van der Waals surface area contributed by atoms with E-state index in [9.17, 15) is 8.78 Å². The lowest BCUT2D eigenvalue weighted by atomic mass is 10.1. The summed E-state index contributed by atoms with van der Waals surface area (Å²) in [6.45, 7) is 2.80. The van der Waals surface area contributed by atoms with Gasteiger partial charge in [0.1, 0.15) is 0 Å². The summed E-state index contributed by atoms with van der Waals surface area (Å²) in [4.78, 5) is 4.13. The summed E-state index contributed by atoms with van der Waals surface area (Å²) < 4.78 is 34.3. The van der Waals surface area contributed by atoms with Gasteiger partial charge in [-0.3, -0.25) is 4.99 Å². The quantitative estimate of drug-likeness (QED) is 0.358. The normalized spacial score (nSPS) is 11.2. The summed E-state index contributed by atoms with van der Waals surface area (Å²) in [6.07, 6.45) is 0.645. The van der Waals surface area contributed by atoms with Crippen molar-refractivity contribution in [1.82, 2.24) is 10.6 Å². The number of nitrogens with one attached hydrogen (secondary N) is 2. The molecule has 138 valence electrons. The number of rotatable bonds is 8. The van der Waals surface area contributed by atoms with Gasteiger partial charge in [0.05, 0.1) is 7.11 Å². The molecule has 0 spiro atoms. The van der Waals surface area contributed by atoms with Gasteiger partial charge in [-0.2, -0.15) is 8.78 Å². The minimum absolute atomic E-state index is 0. The maximum atomic E-state index is 12.4. The second-order valence-corrected chi connectivity index (χ2v) is 5.39. The van der Waals surface area contributed by atoms with Crippen molar-refractivity contribution in [1.29, 1.82) is 0 Å². The summed E-state index contributed by atoms with van der Waals surface area (Å²) in [5.41, 5.74) is 0.869. The van der Waals surface area contributed by atoms with Gasteiger partial charge in [0, 0.05) is 20.1 Å². The van der Waals surface area contributed by atoms with Gasteiger partial charge in [-0.1, -0.05) is 19.9 Å². The molecule has 0 aliphatic heterocycles. The SMILES string of the molecule is CN=C(NCCc1ccc(OC)c(OC(F)F)c1)NCC(C)C.I. The van der Waals surface area contributed by atoms with Crippen molar-refractivity contribution in [2.45, 2.75) is 26.9 Å². The van der Waals surface area contributed by atoms with E-state index in [0.29, 0.717) is 18.9 Å². The fourth-order valence-corrected chi connectivity index (χ4v) is 1.91. The predicted molar refractivity (Wildman–Crippen MR) is 103 cm³/mol. The minimum Gasteiger partial charge on any atom is -0.493 e. The standard InChI is InChI=1S/C16H25F2N3O2.HI/c1-11(2)10-21-16(19-3)20-8-7-12-5-6-13(22-4)14(9-12)23-15(17)18;/h5-6,9,11,15H,7-8,10H2,1-4H3,(H2,19,20,21);1H. The molecular formula is C16H26F2IN3O2. The number of benzene rings is 1. The molecule has 1 rings (SSSR count). The van der Waals surface area contributed by atoms with Gasteiger partial charge in [0.2, 0.25) is 0 Å². The number of ether oxygens (including phenoxy) is 2. The van der Waals surface area contributed by atoms with E-state index in [1.54, 1.807) is 19.2 Å². The van der Waals surface area contributed by atoms with Crippen LogP contribution in [0.5, 0.6) is 11.5 Å². The van der Waals surface area contributed by atoms with Crippen LogP contribution in [0, 0.1) is 5.92 Å². The van der Waals surface area contributed by atoms with E-state index in [1.807, 2.05) is 6.07 Å². The first-order chi connectivity index (χ1) is 11.0. The van der Waals surface area contributed by atoms with Gasteiger partial charge in [0.15, 0.2) is 17.5 Å². The van der Waals surface area contributed by atoms with E-state index in [0.717, 1.165) is 18.1 Å². The van der Waals surface area contributed by atoms with Crippen LogP contribution < -0.4 is 20.1 Å². The molecule has 1 aromatic carbocycles. The van der Waals surface area contributed by atoms with Crippen LogP contribution in [-0.4, -0.2) is 39.8 Å². The second kappa shape index (κ2) is 12.1. The molecule has 0 bridgehead atoms. The first-order valence-electron chi connectivity index (χ1n) is 7.52. The maximum absolute atomic E-state index is 12.4. The zero-order valence-corrected chi connectivity index (χ0v) is 16.8. The third-order valence-corrected chi connectivity index (χ3v) is 3.05. The number of aliphatic imine (C=N–C) groups is 1. The van der Waals surface area contributed by atoms with Gasteiger partial charge in [-0.05, 0) is 30.0 Å². The zero-order chi connectivity index (χ0) is 17.2. The lowest BCUT2D eigenvalue weighted by molar-refractivity contribution is -0.0512. The Morgan fingerprint density at radius 1 is 1.21 bits per heavy atom. The third-order valence-electron chi connectivity index (χ3n) is 3.05. The van der Waals surface area contributed by atoms with Crippen LogP contribution in [0.4, 0.5) is 8.78 Å². The Hall–Kier alpha value is -1.32. The monoisotopic (exact) mass is 457 g/mol. The van der Waals surface area contributed by atoms with Crippen molar-refractivity contribution in [3.8, 4) is 11.5 Å². The highest BCUT2D eigenvalue weighted by Gasteiger charge is 2.11. The lowest BCUT2D eigenvalue weighted by Crippen LogP contribution is -2.39. The summed E-state index contributed by atoms with van der Waals surface area (Å²) in [7, 11) is 3.12. The van der Waals surface area contributed by atoms with Crippen LogP contribution in [0.25, 0.3) is 0 Å². The fourth-order valence-electron chi connectivity index (χ4n) is 1.91. The molecule has 0 aliphatic carbocycles. The van der Waals surface area contributed by atoms with E-state index in [1.165, 1.54) is 7.11 Å². The highest BCUT2D eigenvalue weighted by atomic mass is 127. The highest BCUT2D eigenvalue weighted by molar-refractivity contribution is 14.0. The molecular weight excluding hydrogens is 431 g/mol. The molecule has 0 unspecified atom stereocenters. The van der Waals surface area contributed by atoms with Gasteiger partial charge in [0.25, 0.3) is 0 Å². The number of methoxy groups -OCH3 is 1. The zero-order valence-electron chi connectivity index (χ0n) is 14.4. The van der Waals surface area contributed by atoms with E-state index >= 15 is 0 Å². The molecule has 0 aliphatic rings. The Kier molecular flexibility index (Phi) is 11.4. The molecule has 8 heteroatoms. The number of hydrogen-bond acceptors (Lipinski definition) is 3. The number of halogens is 3. The average molecular weight is 457 g/mol. The van der Waals surface area contributed by atoms with Crippen molar-refractivity contribution in [2.75, 3.05) is 27.2 Å². The van der Waals surface area contributed by atoms with E-state index < -0.39 is 6.61 Å². The molecule has 5 nitrogen and oxygen atoms in total.